The van der Waals surface area contributed by atoms with Crippen LogP contribution in [0.25, 0.3) is 11.0 Å². The highest BCUT2D eigenvalue weighted by Crippen LogP contribution is 2.13. The van der Waals surface area contributed by atoms with Gasteiger partial charge in [-0.25, -0.2) is 4.98 Å². The van der Waals surface area contributed by atoms with E-state index < -0.39 is 0 Å². The monoisotopic (exact) mass is 332 g/mol. The topological polar surface area (TPSA) is 87.8 Å². The third-order valence-electron chi connectivity index (χ3n) is 3.97. The van der Waals surface area contributed by atoms with Crippen molar-refractivity contribution in [1.29, 1.82) is 5.26 Å². The average Bonchev–Trinajstić information content (AvgIpc) is 2.64. The van der Waals surface area contributed by atoms with Crippen molar-refractivity contribution in [3.05, 3.63) is 76.2 Å². The summed E-state index contributed by atoms with van der Waals surface area (Å²) in [5, 5.41) is 11.7. The summed E-state index contributed by atoms with van der Waals surface area (Å²) in [7, 11) is 0. The molecule has 3 rings (SSSR count). The fourth-order valence-electron chi connectivity index (χ4n) is 2.64. The molecular weight excluding hydrogens is 316 g/mol. The normalized spacial score (nSPS) is 11.7. The number of aromatic nitrogens is 2. The van der Waals surface area contributed by atoms with E-state index in [0.717, 1.165) is 5.56 Å². The van der Waals surface area contributed by atoms with Crippen LogP contribution in [-0.2, 0) is 11.3 Å². The van der Waals surface area contributed by atoms with Gasteiger partial charge in [-0.15, -0.1) is 0 Å². The van der Waals surface area contributed by atoms with Gasteiger partial charge in [0.15, 0.2) is 0 Å². The van der Waals surface area contributed by atoms with Crippen LogP contribution in [0.1, 0.15) is 24.1 Å². The Labute approximate surface area is 144 Å². The number of nitrogens with zero attached hydrogens (tertiary/aromatic N) is 3. The lowest BCUT2D eigenvalue weighted by Crippen LogP contribution is -2.34. The van der Waals surface area contributed by atoms with Gasteiger partial charge in [-0.05, 0) is 36.8 Å². The van der Waals surface area contributed by atoms with Gasteiger partial charge in [0.25, 0.3) is 5.56 Å². The Hall–Kier alpha value is -3.46. The number of amides is 1. The number of nitrogens with one attached hydrogen (secondary N) is 1. The summed E-state index contributed by atoms with van der Waals surface area (Å²) in [5.41, 5.74) is 2.42. The number of hydrogen-bond donors (Lipinski definition) is 1. The zero-order valence-corrected chi connectivity index (χ0v) is 13.6. The molecule has 0 spiro atoms. The maximum atomic E-state index is 12.4. The standard InChI is InChI=1S/C19H16N4O2/c1-13(15-8-6-14(10-20)7-9-15)22-18(24)12-23-17-5-3-2-4-16(17)21-11-19(23)25/h2-9,11,13H,12H2,1H3,(H,22,24). The molecule has 1 aromatic heterocycles. The van der Waals surface area contributed by atoms with Crippen molar-refractivity contribution in [2.45, 2.75) is 19.5 Å². The van der Waals surface area contributed by atoms with Gasteiger partial charge >= 0.3 is 0 Å². The highest BCUT2D eigenvalue weighted by molar-refractivity contribution is 5.80. The van der Waals surface area contributed by atoms with Gasteiger partial charge in [-0.2, -0.15) is 5.26 Å². The molecule has 1 atom stereocenters. The lowest BCUT2D eigenvalue weighted by molar-refractivity contribution is -0.122. The fourth-order valence-corrected chi connectivity index (χ4v) is 2.64. The summed E-state index contributed by atoms with van der Waals surface area (Å²) in [5.74, 6) is -0.268. The maximum absolute atomic E-state index is 12.4. The first-order valence-corrected chi connectivity index (χ1v) is 7.82. The molecule has 0 saturated heterocycles. The van der Waals surface area contributed by atoms with E-state index in [-0.39, 0.29) is 24.1 Å². The van der Waals surface area contributed by atoms with Crippen molar-refractivity contribution in [3.63, 3.8) is 0 Å². The third kappa shape index (κ3) is 3.56. The number of hydrogen-bond acceptors (Lipinski definition) is 4. The summed E-state index contributed by atoms with van der Waals surface area (Å²) in [4.78, 5) is 28.5. The molecule has 6 heteroatoms. The molecule has 1 amide bonds. The number of nitriles is 1. The lowest BCUT2D eigenvalue weighted by atomic mass is 10.1. The average molecular weight is 332 g/mol. The second kappa shape index (κ2) is 6.97. The Kier molecular flexibility index (Phi) is 4.57. The molecule has 1 N–H and O–H groups in total. The van der Waals surface area contributed by atoms with Gasteiger partial charge in [-0.3, -0.25) is 14.2 Å². The second-order valence-electron chi connectivity index (χ2n) is 5.69. The summed E-state index contributed by atoms with van der Waals surface area (Å²) < 4.78 is 1.41. The first-order valence-electron chi connectivity index (χ1n) is 7.82. The first-order chi connectivity index (χ1) is 12.1. The van der Waals surface area contributed by atoms with E-state index in [1.165, 1.54) is 10.8 Å². The minimum atomic E-state index is -0.320. The highest BCUT2D eigenvalue weighted by Gasteiger charge is 2.12. The van der Waals surface area contributed by atoms with Gasteiger partial charge in [0.05, 0.1) is 34.9 Å². The van der Waals surface area contributed by atoms with Crippen LogP contribution in [0, 0.1) is 11.3 Å². The van der Waals surface area contributed by atoms with E-state index in [0.29, 0.717) is 16.6 Å². The Morgan fingerprint density at radius 1 is 1.24 bits per heavy atom. The molecule has 0 aliphatic heterocycles. The third-order valence-corrected chi connectivity index (χ3v) is 3.97. The highest BCUT2D eigenvalue weighted by atomic mass is 16.2. The van der Waals surface area contributed by atoms with Gasteiger partial charge in [-0.1, -0.05) is 24.3 Å². The Bertz CT molecular complexity index is 1020. The van der Waals surface area contributed by atoms with Crippen molar-refractivity contribution in [1.82, 2.24) is 14.9 Å². The molecule has 1 heterocycles. The van der Waals surface area contributed by atoms with Crippen molar-refractivity contribution >= 4 is 16.9 Å². The molecule has 1 unspecified atom stereocenters. The number of carbonyl (C=O) groups excluding carboxylic acids is 1. The van der Waals surface area contributed by atoms with Gasteiger partial charge < -0.3 is 5.32 Å². The van der Waals surface area contributed by atoms with Crippen molar-refractivity contribution < 1.29 is 4.79 Å². The van der Waals surface area contributed by atoms with E-state index in [1.54, 1.807) is 42.5 Å². The number of para-hydroxylation sites is 2. The summed E-state index contributed by atoms with van der Waals surface area (Å²) in [6, 6.07) is 16.0. The zero-order valence-electron chi connectivity index (χ0n) is 13.6. The quantitative estimate of drug-likeness (QED) is 0.793. The van der Waals surface area contributed by atoms with Crippen LogP contribution in [-0.4, -0.2) is 15.5 Å². The van der Waals surface area contributed by atoms with Crippen LogP contribution in [0.2, 0.25) is 0 Å². The molecule has 25 heavy (non-hydrogen) atoms. The van der Waals surface area contributed by atoms with Crippen molar-refractivity contribution in [2.24, 2.45) is 0 Å². The molecule has 2 aromatic carbocycles. The predicted octanol–water partition coefficient (Wildman–Crippen LogP) is 2.15. The second-order valence-corrected chi connectivity index (χ2v) is 5.69. The molecule has 0 saturated carbocycles. The number of rotatable bonds is 4. The zero-order chi connectivity index (χ0) is 17.8. The van der Waals surface area contributed by atoms with Crippen molar-refractivity contribution in [2.75, 3.05) is 0 Å². The number of benzene rings is 2. The first kappa shape index (κ1) is 16.4. The smallest absolute Gasteiger partial charge is 0.269 e. The van der Waals surface area contributed by atoms with E-state index in [2.05, 4.69) is 16.4 Å². The summed E-state index contributed by atoms with van der Waals surface area (Å²) >= 11 is 0. The van der Waals surface area contributed by atoms with Crippen LogP contribution in [0.5, 0.6) is 0 Å². The molecule has 0 radical (unpaired) electrons. The molecule has 3 aromatic rings. The Morgan fingerprint density at radius 2 is 1.96 bits per heavy atom. The van der Waals surface area contributed by atoms with E-state index in [9.17, 15) is 9.59 Å². The van der Waals surface area contributed by atoms with E-state index in [4.69, 9.17) is 5.26 Å². The van der Waals surface area contributed by atoms with Gasteiger partial charge in [0.1, 0.15) is 6.54 Å². The predicted molar refractivity (Wildman–Crippen MR) is 93.7 cm³/mol. The summed E-state index contributed by atoms with van der Waals surface area (Å²) in [6.45, 7) is 1.77. The molecule has 6 nitrogen and oxygen atoms in total. The molecule has 0 fully saturated rings. The molecule has 124 valence electrons. The van der Waals surface area contributed by atoms with Crippen LogP contribution in [0.15, 0.2) is 59.5 Å². The SMILES string of the molecule is CC(NC(=O)Cn1c(=O)cnc2ccccc21)c1ccc(C#N)cc1. The van der Waals surface area contributed by atoms with Crippen LogP contribution < -0.4 is 10.9 Å². The minimum Gasteiger partial charge on any atom is -0.348 e. The molecular formula is C19H16N4O2. The van der Waals surface area contributed by atoms with Crippen LogP contribution in [0.4, 0.5) is 0 Å². The number of fused-ring (bicyclic) bond motifs is 1. The lowest BCUT2D eigenvalue weighted by Gasteiger charge is -2.15. The fraction of sp³-hybridized carbons (Fsp3) is 0.158. The number of carbonyl (C=O) groups is 1. The Morgan fingerprint density at radius 3 is 2.68 bits per heavy atom. The van der Waals surface area contributed by atoms with E-state index in [1.807, 2.05) is 13.0 Å². The van der Waals surface area contributed by atoms with E-state index >= 15 is 0 Å². The van der Waals surface area contributed by atoms with Gasteiger partial charge in [0, 0.05) is 0 Å². The summed E-state index contributed by atoms with van der Waals surface area (Å²) in [6.07, 6.45) is 1.22. The van der Waals surface area contributed by atoms with Crippen LogP contribution >= 0.6 is 0 Å². The Balaban J connectivity index is 1.77. The largest absolute Gasteiger partial charge is 0.348 e. The van der Waals surface area contributed by atoms with Crippen molar-refractivity contribution in [3.8, 4) is 6.07 Å². The maximum Gasteiger partial charge on any atom is 0.269 e. The molecule has 0 aliphatic carbocycles. The van der Waals surface area contributed by atoms with Crippen LogP contribution in [0.3, 0.4) is 0 Å². The van der Waals surface area contributed by atoms with Gasteiger partial charge in [0.2, 0.25) is 5.91 Å². The molecule has 0 aliphatic rings. The minimum absolute atomic E-state index is 0.0809. The molecule has 0 bridgehead atoms.